The third-order valence-electron chi connectivity index (χ3n) is 4.47. The monoisotopic (exact) mass is 426 g/mol. The first-order valence-corrected chi connectivity index (χ1v) is 9.73. The van der Waals surface area contributed by atoms with Crippen LogP contribution in [0.4, 0.5) is 5.13 Å². The molecule has 3 aromatic heterocycles. The Kier molecular flexibility index (Phi) is 5.19. The normalized spacial score (nSPS) is 10.9. The van der Waals surface area contributed by atoms with Gasteiger partial charge < -0.3 is 14.8 Å². The van der Waals surface area contributed by atoms with Crippen LogP contribution in [-0.2, 0) is 18.4 Å². The molecule has 4 rings (SSSR count). The van der Waals surface area contributed by atoms with Crippen molar-refractivity contribution in [3.8, 4) is 22.8 Å². The molecule has 11 heteroatoms. The molecule has 154 valence electrons. The van der Waals surface area contributed by atoms with Crippen molar-refractivity contribution >= 4 is 33.4 Å². The number of thiazole rings is 1. The molecule has 10 nitrogen and oxygen atoms in total. The highest BCUT2D eigenvalue weighted by Gasteiger charge is 2.15. The number of ether oxygens (including phenoxy) is 2. The summed E-state index contributed by atoms with van der Waals surface area (Å²) in [6, 6.07) is 5.40. The fourth-order valence-corrected chi connectivity index (χ4v) is 3.69. The molecule has 4 aromatic rings. The number of hydrogen-bond donors (Lipinski definition) is 1. The maximum atomic E-state index is 12.5. The molecule has 0 saturated heterocycles. The minimum atomic E-state index is -0.388. The lowest BCUT2D eigenvalue weighted by Crippen LogP contribution is -2.27. The highest BCUT2D eigenvalue weighted by Crippen LogP contribution is 2.35. The zero-order valence-corrected chi connectivity index (χ0v) is 17.3. The van der Waals surface area contributed by atoms with Gasteiger partial charge in [0.15, 0.2) is 10.8 Å². The average molecular weight is 426 g/mol. The van der Waals surface area contributed by atoms with E-state index in [9.17, 15) is 9.59 Å². The number of nitrogens with zero attached hydrogens (tertiary/aromatic N) is 5. The third kappa shape index (κ3) is 3.62. The van der Waals surface area contributed by atoms with E-state index in [-0.39, 0.29) is 18.0 Å². The molecule has 0 aliphatic heterocycles. The van der Waals surface area contributed by atoms with E-state index >= 15 is 0 Å². The number of aromatic nitrogens is 5. The molecule has 1 N–H and O–H groups in total. The minimum Gasteiger partial charge on any atom is -0.497 e. The van der Waals surface area contributed by atoms with Crippen LogP contribution in [0.25, 0.3) is 22.3 Å². The van der Waals surface area contributed by atoms with Gasteiger partial charge in [-0.2, -0.15) is 5.10 Å². The van der Waals surface area contributed by atoms with Gasteiger partial charge in [-0.3, -0.25) is 18.8 Å². The van der Waals surface area contributed by atoms with E-state index in [0.29, 0.717) is 33.4 Å². The lowest BCUT2D eigenvalue weighted by atomic mass is 10.1. The molecule has 0 aliphatic carbocycles. The number of hydrogen-bond acceptors (Lipinski definition) is 8. The van der Waals surface area contributed by atoms with Gasteiger partial charge in [0.2, 0.25) is 5.91 Å². The summed E-state index contributed by atoms with van der Waals surface area (Å²) >= 11 is 1.27. The van der Waals surface area contributed by atoms with Crippen molar-refractivity contribution in [3.63, 3.8) is 0 Å². The molecule has 1 amide bonds. The fraction of sp³-hybridized carbons (Fsp3) is 0.211. The summed E-state index contributed by atoms with van der Waals surface area (Å²) in [5.74, 6) is 0.920. The van der Waals surface area contributed by atoms with Gasteiger partial charge in [0.25, 0.3) is 5.56 Å². The Hall–Kier alpha value is -3.73. The molecule has 0 radical (unpaired) electrons. The molecule has 0 aliphatic rings. The number of methoxy groups -OCH3 is 2. The number of anilines is 1. The number of carbonyl (C=O) groups excluding carboxylic acids is 1. The van der Waals surface area contributed by atoms with Gasteiger partial charge in [-0.25, -0.2) is 9.97 Å². The number of benzene rings is 1. The van der Waals surface area contributed by atoms with Gasteiger partial charge in [-0.05, 0) is 18.2 Å². The smallest absolute Gasteiger partial charge is 0.264 e. The number of nitrogens with one attached hydrogen (secondary N) is 1. The molecule has 3 heterocycles. The third-order valence-corrected chi connectivity index (χ3v) is 5.22. The van der Waals surface area contributed by atoms with E-state index in [2.05, 4.69) is 20.4 Å². The summed E-state index contributed by atoms with van der Waals surface area (Å²) in [6.45, 7) is -0.186. The Labute approximate surface area is 174 Å². The first-order chi connectivity index (χ1) is 14.5. The summed E-state index contributed by atoms with van der Waals surface area (Å²) in [5, 5.41) is 9.30. The van der Waals surface area contributed by atoms with Crippen LogP contribution in [0.15, 0.2) is 40.9 Å². The summed E-state index contributed by atoms with van der Waals surface area (Å²) in [5.41, 5.74) is 1.52. The molecule has 0 spiro atoms. The second kappa shape index (κ2) is 7.95. The van der Waals surface area contributed by atoms with Crippen molar-refractivity contribution < 1.29 is 14.3 Å². The second-order valence-electron chi connectivity index (χ2n) is 6.34. The predicted molar refractivity (Wildman–Crippen MR) is 112 cm³/mol. The molecule has 0 atom stereocenters. The van der Waals surface area contributed by atoms with Crippen molar-refractivity contribution in [3.05, 3.63) is 46.5 Å². The van der Waals surface area contributed by atoms with Crippen LogP contribution in [0.1, 0.15) is 0 Å². The molecular formula is C19H18N6O4S. The number of fused-ring (bicyclic) bond motifs is 1. The van der Waals surface area contributed by atoms with E-state index in [1.165, 1.54) is 33.1 Å². The SMILES string of the molecule is COc1ccc(OC)c(-c2csc(NC(=O)Cn3cnc4c(cnn4C)c3=O)n2)c1. The van der Waals surface area contributed by atoms with Gasteiger partial charge >= 0.3 is 0 Å². The molecule has 0 fully saturated rings. The first kappa shape index (κ1) is 19.6. The van der Waals surface area contributed by atoms with Gasteiger partial charge in [-0.1, -0.05) is 0 Å². The molecule has 0 bridgehead atoms. The molecule has 0 saturated carbocycles. The van der Waals surface area contributed by atoms with Crippen molar-refractivity contribution in [2.24, 2.45) is 7.05 Å². The summed E-state index contributed by atoms with van der Waals surface area (Å²) in [4.78, 5) is 33.6. The molecular weight excluding hydrogens is 408 g/mol. The largest absolute Gasteiger partial charge is 0.497 e. The lowest BCUT2D eigenvalue weighted by molar-refractivity contribution is -0.116. The Morgan fingerprint density at radius 3 is 2.87 bits per heavy atom. The lowest BCUT2D eigenvalue weighted by Gasteiger charge is -2.08. The van der Waals surface area contributed by atoms with E-state index in [0.717, 1.165) is 5.56 Å². The van der Waals surface area contributed by atoms with Crippen LogP contribution in [0.3, 0.4) is 0 Å². The van der Waals surface area contributed by atoms with Crippen molar-refractivity contribution in [2.75, 3.05) is 19.5 Å². The van der Waals surface area contributed by atoms with Crippen LogP contribution in [-0.4, -0.2) is 44.4 Å². The van der Waals surface area contributed by atoms with Crippen LogP contribution >= 0.6 is 11.3 Å². The number of amides is 1. The van der Waals surface area contributed by atoms with Crippen molar-refractivity contribution in [1.29, 1.82) is 0 Å². The molecule has 30 heavy (non-hydrogen) atoms. The average Bonchev–Trinajstić information content (AvgIpc) is 3.36. The quantitative estimate of drug-likeness (QED) is 0.501. The van der Waals surface area contributed by atoms with Gasteiger partial charge in [-0.15, -0.1) is 11.3 Å². The Morgan fingerprint density at radius 1 is 1.27 bits per heavy atom. The standard InChI is InChI=1S/C19H18N6O4S/c1-24-17-13(7-21-24)18(27)25(10-20-17)8-16(26)23-19-22-14(9-30-19)12-6-11(28-2)4-5-15(12)29-3/h4-7,9-10H,8H2,1-3H3,(H,22,23,26). The summed E-state index contributed by atoms with van der Waals surface area (Å²) < 4.78 is 13.4. The van der Waals surface area contributed by atoms with Crippen LogP contribution in [0.2, 0.25) is 0 Å². The minimum absolute atomic E-state index is 0.186. The van der Waals surface area contributed by atoms with E-state index in [4.69, 9.17) is 9.47 Å². The molecule has 1 aromatic carbocycles. The Bertz CT molecular complexity index is 1290. The number of aryl methyl sites for hydroxylation is 1. The van der Waals surface area contributed by atoms with E-state index in [1.807, 2.05) is 11.4 Å². The van der Waals surface area contributed by atoms with Gasteiger partial charge in [0, 0.05) is 18.0 Å². The predicted octanol–water partition coefficient (Wildman–Crippen LogP) is 1.91. The van der Waals surface area contributed by atoms with Crippen molar-refractivity contribution in [1.82, 2.24) is 24.3 Å². The van der Waals surface area contributed by atoms with E-state index < -0.39 is 0 Å². The van der Waals surface area contributed by atoms with Crippen LogP contribution < -0.4 is 20.3 Å². The topological polar surface area (TPSA) is 113 Å². The summed E-state index contributed by atoms with van der Waals surface area (Å²) in [6.07, 6.45) is 2.77. The summed E-state index contributed by atoms with van der Waals surface area (Å²) in [7, 11) is 4.85. The highest BCUT2D eigenvalue weighted by molar-refractivity contribution is 7.14. The highest BCUT2D eigenvalue weighted by atomic mass is 32.1. The van der Waals surface area contributed by atoms with Crippen molar-refractivity contribution in [2.45, 2.75) is 6.54 Å². The fourth-order valence-electron chi connectivity index (χ4n) is 2.96. The van der Waals surface area contributed by atoms with Crippen LogP contribution in [0.5, 0.6) is 11.5 Å². The Balaban J connectivity index is 1.53. The second-order valence-corrected chi connectivity index (χ2v) is 7.19. The number of rotatable bonds is 6. The Morgan fingerprint density at radius 2 is 2.10 bits per heavy atom. The van der Waals surface area contributed by atoms with Gasteiger partial charge in [0.05, 0.1) is 26.1 Å². The maximum Gasteiger partial charge on any atom is 0.264 e. The van der Waals surface area contributed by atoms with E-state index in [1.54, 1.807) is 33.4 Å². The first-order valence-electron chi connectivity index (χ1n) is 8.85. The zero-order valence-electron chi connectivity index (χ0n) is 16.4. The number of carbonyl (C=O) groups is 1. The van der Waals surface area contributed by atoms with Crippen LogP contribution in [0, 0.1) is 0 Å². The zero-order chi connectivity index (χ0) is 21.3. The molecule has 0 unspecified atom stereocenters. The van der Waals surface area contributed by atoms with Gasteiger partial charge in [0.1, 0.15) is 29.8 Å². The maximum absolute atomic E-state index is 12.5.